The van der Waals surface area contributed by atoms with Crippen LogP contribution in [0.15, 0.2) is 231 Å². The smallest absolute Gasteiger partial charge is 0.164 e. The van der Waals surface area contributed by atoms with Crippen LogP contribution in [0.3, 0.4) is 0 Å². The van der Waals surface area contributed by atoms with Gasteiger partial charge in [0.1, 0.15) is 6.07 Å². The first kappa shape index (κ1) is 42.6. The molecular formula is C67H45N5. The van der Waals surface area contributed by atoms with Crippen LogP contribution in [0.25, 0.3) is 106 Å². The molecule has 1 aliphatic carbocycles. The molecule has 338 valence electrons. The Morgan fingerprint density at radius 1 is 0.361 bits per heavy atom. The predicted octanol–water partition coefficient (Wildman–Crippen LogP) is 16.6. The second-order valence-corrected chi connectivity index (χ2v) is 18.7. The number of aryl methyl sites for hydroxylation is 2. The first-order valence-electron chi connectivity index (χ1n) is 24.4. The van der Waals surface area contributed by atoms with E-state index in [4.69, 9.17) is 15.0 Å². The van der Waals surface area contributed by atoms with Gasteiger partial charge >= 0.3 is 0 Å². The summed E-state index contributed by atoms with van der Waals surface area (Å²) < 4.78 is 2.26. The van der Waals surface area contributed by atoms with Gasteiger partial charge in [-0.05, 0) is 117 Å². The highest BCUT2D eigenvalue weighted by atomic mass is 15.0. The van der Waals surface area contributed by atoms with Crippen molar-refractivity contribution in [3.8, 4) is 90.4 Å². The first-order valence-corrected chi connectivity index (χ1v) is 24.4. The molecule has 1 atom stereocenters. The van der Waals surface area contributed by atoms with Crippen molar-refractivity contribution >= 4 is 21.8 Å². The molecule has 5 heteroatoms. The van der Waals surface area contributed by atoms with Crippen LogP contribution in [-0.4, -0.2) is 19.5 Å². The summed E-state index contributed by atoms with van der Waals surface area (Å²) in [5.41, 5.74) is 21.1. The Bertz CT molecular complexity index is 4090. The second kappa shape index (κ2) is 17.5. The summed E-state index contributed by atoms with van der Waals surface area (Å²) in [6.07, 6.45) is 0. The van der Waals surface area contributed by atoms with E-state index >= 15 is 0 Å². The summed E-state index contributed by atoms with van der Waals surface area (Å²) in [5.74, 6) is 1.60. The van der Waals surface area contributed by atoms with Crippen LogP contribution in [0.4, 0.5) is 0 Å². The largest absolute Gasteiger partial charge is 0.308 e. The summed E-state index contributed by atoms with van der Waals surface area (Å²) >= 11 is 0. The minimum atomic E-state index is -0.178. The molecule has 2 aromatic heterocycles. The topological polar surface area (TPSA) is 67.4 Å². The maximum atomic E-state index is 11.4. The molecule has 13 rings (SSSR count). The number of nitriles is 1. The van der Waals surface area contributed by atoms with Gasteiger partial charge in [0.15, 0.2) is 17.5 Å². The minimum Gasteiger partial charge on any atom is -0.308 e. The lowest BCUT2D eigenvalue weighted by Gasteiger charge is -2.21. The van der Waals surface area contributed by atoms with Crippen molar-refractivity contribution in [1.82, 2.24) is 19.5 Å². The summed E-state index contributed by atoms with van der Waals surface area (Å²) in [6.45, 7) is 4.33. The highest BCUT2D eigenvalue weighted by Gasteiger charge is 2.33. The molecule has 0 bridgehead atoms. The zero-order valence-electron chi connectivity index (χ0n) is 39.8. The number of fused-ring (bicyclic) bond motifs is 6. The van der Waals surface area contributed by atoms with Crippen molar-refractivity contribution in [2.75, 3.05) is 0 Å². The molecule has 0 radical (unpaired) electrons. The van der Waals surface area contributed by atoms with Crippen molar-refractivity contribution in [2.45, 2.75) is 19.8 Å². The number of aromatic nitrogens is 4. The minimum absolute atomic E-state index is 0.178. The highest BCUT2D eigenvalue weighted by Crippen LogP contribution is 2.52. The summed E-state index contributed by atoms with van der Waals surface area (Å²) in [4.78, 5) is 15.7. The van der Waals surface area contributed by atoms with Crippen molar-refractivity contribution in [3.05, 3.63) is 264 Å². The van der Waals surface area contributed by atoms with Gasteiger partial charge in [-0.25, -0.2) is 15.0 Å². The molecular weight excluding hydrogens is 875 g/mol. The van der Waals surface area contributed by atoms with E-state index in [1.807, 2.05) is 60.7 Å². The van der Waals surface area contributed by atoms with Gasteiger partial charge in [0.25, 0.3) is 0 Å². The van der Waals surface area contributed by atoms with Gasteiger partial charge in [0.05, 0.1) is 22.3 Å². The standard InChI is InChI=1S/C67H45N5/c1-42-18-9-11-24-49(42)46-32-35-55-57(38-46)52-26-13-14-28-54(52)64(55)59-40-48(33-36-56(59)67-70-65(44-20-5-3-6-21-44)69-66(71-67)45-22-7-4-8-23-45)51-29-17-31-62(60(51)41-68)72-61-30-16-15-27-53(61)58-39-47(34-37-63(58)72)50-25-12-10-19-43(50)2/h3-40,64H,1-2H3. The van der Waals surface area contributed by atoms with Crippen LogP contribution in [0.5, 0.6) is 0 Å². The van der Waals surface area contributed by atoms with E-state index in [1.54, 1.807) is 0 Å². The average Bonchev–Trinajstić information content (AvgIpc) is 3.95. The number of hydrogen-bond donors (Lipinski definition) is 0. The number of rotatable bonds is 8. The van der Waals surface area contributed by atoms with Crippen LogP contribution < -0.4 is 0 Å². The molecule has 0 spiro atoms. The molecule has 5 nitrogen and oxygen atoms in total. The fourth-order valence-corrected chi connectivity index (χ4v) is 11.1. The maximum Gasteiger partial charge on any atom is 0.164 e. The quantitative estimate of drug-likeness (QED) is 0.152. The van der Waals surface area contributed by atoms with Crippen LogP contribution in [-0.2, 0) is 0 Å². The Balaban J connectivity index is 1.04. The lowest BCUT2D eigenvalue weighted by atomic mass is 9.83. The Hall–Kier alpha value is -9.50. The molecule has 0 amide bonds. The zero-order chi connectivity index (χ0) is 48.3. The van der Waals surface area contributed by atoms with Gasteiger partial charge in [-0.3, -0.25) is 0 Å². The molecule has 1 unspecified atom stereocenters. The second-order valence-electron chi connectivity index (χ2n) is 18.7. The van der Waals surface area contributed by atoms with E-state index in [-0.39, 0.29) is 5.92 Å². The lowest BCUT2D eigenvalue weighted by molar-refractivity contribution is 1.00. The van der Waals surface area contributed by atoms with Gasteiger partial charge in [-0.1, -0.05) is 194 Å². The summed E-state index contributed by atoms with van der Waals surface area (Å²) in [5, 5.41) is 13.7. The Morgan fingerprint density at radius 2 is 0.889 bits per heavy atom. The molecule has 2 heterocycles. The van der Waals surface area contributed by atoms with Gasteiger partial charge in [0, 0.05) is 38.9 Å². The third kappa shape index (κ3) is 7.12. The van der Waals surface area contributed by atoms with Crippen LogP contribution >= 0.6 is 0 Å². The van der Waals surface area contributed by atoms with E-state index in [1.165, 1.54) is 50.1 Å². The maximum absolute atomic E-state index is 11.4. The highest BCUT2D eigenvalue weighted by molar-refractivity contribution is 6.11. The van der Waals surface area contributed by atoms with Gasteiger partial charge < -0.3 is 4.57 Å². The fourth-order valence-electron chi connectivity index (χ4n) is 11.1. The van der Waals surface area contributed by atoms with E-state index < -0.39 is 0 Å². The Kier molecular flexibility index (Phi) is 10.3. The van der Waals surface area contributed by atoms with Crippen LogP contribution in [0.1, 0.15) is 39.3 Å². The van der Waals surface area contributed by atoms with Crippen molar-refractivity contribution in [2.24, 2.45) is 0 Å². The molecule has 0 fully saturated rings. The van der Waals surface area contributed by atoms with Crippen LogP contribution in [0, 0.1) is 25.2 Å². The van der Waals surface area contributed by atoms with Crippen molar-refractivity contribution < 1.29 is 0 Å². The third-order valence-corrected chi connectivity index (χ3v) is 14.5. The van der Waals surface area contributed by atoms with Gasteiger partial charge in [0.2, 0.25) is 0 Å². The van der Waals surface area contributed by atoms with Gasteiger partial charge in [-0.15, -0.1) is 0 Å². The normalized spacial score (nSPS) is 12.7. The van der Waals surface area contributed by atoms with E-state index in [0.29, 0.717) is 23.0 Å². The molecule has 0 N–H and O–H groups in total. The van der Waals surface area contributed by atoms with Crippen LogP contribution in [0.2, 0.25) is 0 Å². The number of nitrogens with zero attached hydrogens (tertiary/aromatic N) is 5. The zero-order valence-corrected chi connectivity index (χ0v) is 39.8. The molecule has 12 aromatic rings. The van der Waals surface area contributed by atoms with E-state index in [0.717, 1.165) is 66.4 Å². The lowest BCUT2D eigenvalue weighted by Crippen LogP contribution is -2.06. The molecule has 0 aliphatic heterocycles. The van der Waals surface area contributed by atoms with Gasteiger partial charge in [-0.2, -0.15) is 5.26 Å². The summed E-state index contributed by atoms with van der Waals surface area (Å²) in [6, 6.07) is 83.9. The van der Waals surface area contributed by atoms with E-state index in [9.17, 15) is 5.26 Å². The molecule has 72 heavy (non-hydrogen) atoms. The number of para-hydroxylation sites is 1. The summed E-state index contributed by atoms with van der Waals surface area (Å²) in [7, 11) is 0. The number of hydrogen-bond acceptors (Lipinski definition) is 4. The third-order valence-electron chi connectivity index (χ3n) is 14.5. The van der Waals surface area contributed by atoms with Crippen molar-refractivity contribution in [3.63, 3.8) is 0 Å². The van der Waals surface area contributed by atoms with Crippen molar-refractivity contribution in [1.29, 1.82) is 5.26 Å². The monoisotopic (exact) mass is 919 g/mol. The molecule has 0 saturated carbocycles. The SMILES string of the molecule is Cc1ccccc1-c1ccc2c(c1)-c1ccccc1C2c1cc(-c2cccc(-n3c4ccccc4c4cc(-c5ccccc5C)ccc43)c2C#N)ccc1-c1nc(-c2ccccc2)nc(-c2ccccc2)n1. The molecule has 10 aromatic carbocycles. The Labute approximate surface area is 418 Å². The average molecular weight is 920 g/mol. The molecule has 1 aliphatic rings. The van der Waals surface area contributed by atoms with E-state index in [2.05, 4.69) is 194 Å². The predicted molar refractivity (Wildman–Crippen MR) is 294 cm³/mol. The first-order chi connectivity index (χ1) is 35.5. The molecule has 0 saturated heterocycles. The number of benzene rings is 10. The fraction of sp³-hybridized carbons (Fsp3) is 0.0448. The Morgan fingerprint density at radius 3 is 1.58 bits per heavy atom.